The molecule has 1 aliphatic heterocycles. The van der Waals surface area contributed by atoms with Crippen LogP contribution < -0.4 is 5.32 Å². The van der Waals surface area contributed by atoms with Gasteiger partial charge in [-0.2, -0.15) is 0 Å². The Morgan fingerprint density at radius 3 is 2.35 bits per heavy atom. The molecule has 1 aromatic rings. The van der Waals surface area contributed by atoms with E-state index in [0.29, 0.717) is 0 Å². The van der Waals surface area contributed by atoms with Crippen molar-refractivity contribution in [2.75, 3.05) is 31.5 Å². The van der Waals surface area contributed by atoms with Crippen LogP contribution in [0.5, 0.6) is 0 Å². The van der Waals surface area contributed by atoms with Gasteiger partial charge in [0.2, 0.25) is 0 Å². The van der Waals surface area contributed by atoms with E-state index in [-0.39, 0.29) is 11.2 Å². The molecule has 1 aliphatic rings. The molecule has 0 aromatic heterocycles. The summed E-state index contributed by atoms with van der Waals surface area (Å²) < 4.78 is 7.22. The zero-order valence-corrected chi connectivity index (χ0v) is 14.5. The molecule has 20 heavy (non-hydrogen) atoms. The second kappa shape index (κ2) is 6.04. The van der Waals surface area contributed by atoms with Crippen LogP contribution in [-0.4, -0.2) is 42.3 Å². The standard InChI is InChI=1S/C16H25BrN2O/c1-15(2)11-19(12-16(3,4)20-15)10-9-18-14-8-6-5-7-13(14)17/h5-8,18H,9-12H2,1-4H3. The topological polar surface area (TPSA) is 24.5 Å². The Balaban J connectivity index is 1.86. The highest BCUT2D eigenvalue weighted by Gasteiger charge is 2.37. The molecule has 0 atom stereocenters. The summed E-state index contributed by atoms with van der Waals surface area (Å²) in [6.07, 6.45) is 0. The molecule has 4 heteroatoms. The number of rotatable bonds is 4. The van der Waals surface area contributed by atoms with Crippen molar-refractivity contribution in [2.24, 2.45) is 0 Å². The third-order valence-corrected chi connectivity index (χ3v) is 4.07. The normalized spacial score (nSPS) is 21.6. The largest absolute Gasteiger partial charge is 0.383 e. The zero-order valence-electron chi connectivity index (χ0n) is 12.9. The van der Waals surface area contributed by atoms with Crippen molar-refractivity contribution in [3.8, 4) is 0 Å². The fraction of sp³-hybridized carbons (Fsp3) is 0.625. The van der Waals surface area contributed by atoms with Crippen LogP contribution in [0, 0.1) is 0 Å². The van der Waals surface area contributed by atoms with Crippen molar-refractivity contribution in [3.63, 3.8) is 0 Å². The van der Waals surface area contributed by atoms with Gasteiger partial charge in [-0.15, -0.1) is 0 Å². The number of anilines is 1. The summed E-state index contributed by atoms with van der Waals surface area (Å²) in [5.41, 5.74) is 1.00. The minimum atomic E-state index is -0.0743. The predicted octanol–water partition coefficient (Wildman–Crippen LogP) is 3.75. The lowest BCUT2D eigenvalue weighted by Crippen LogP contribution is -2.57. The second-order valence-electron chi connectivity index (χ2n) is 6.74. The van der Waals surface area contributed by atoms with Crippen molar-refractivity contribution >= 4 is 21.6 Å². The quantitative estimate of drug-likeness (QED) is 0.903. The Hall–Kier alpha value is -0.580. The average molecular weight is 341 g/mol. The van der Waals surface area contributed by atoms with Crippen LogP contribution in [0.25, 0.3) is 0 Å². The molecule has 0 saturated carbocycles. The number of nitrogens with zero attached hydrogens (tertiary/aromatic N) is 1. The van der Waals surface area contributed by atoms with Gasteiger partial charge in [0.1, 0.15) is 0 Å². The van der Waals surface area contributed by atoms with E-state index < -0.39 is 0 Å². The van der Waals surface area contributed by atoms with Gasteiger partial charge in [-0.3, -0.25) is 4.90 Å². The molecule has 3 nitrogen and oxygen atoms in total. The monoisotopic (exact) mass is 340 g/mol. The Kier molecular flexibility index (Phi) is 4.77. The number of para-hydroxylation sites is 1. The van der Waals surface area contributed by atoms with Gasteiger partial charge >= 0.3 is 0 Å². The number of ether oxygens (including phenoxy) is 1. The maximum atomic E-state index is 6.11. The first kappa shape index (κ1) is 15.8. The van der Waals surface area contributed by atoms with Gasteiger partial charge in [0, 0.05) is 36.3 Å². The molecule has 1 heterocycles. The molecule has 0 radical (unpaired) electrons. The average Bonchev–Trinajstić information content (AvgIpc) is 2.27. The Labute approximate surface area is 130 Å². The van der Waals surface area contributed by atoms with E-state index in [1.54, 1.807) is 0 Å². The highest BCUT2D eigenvalue weighted by molar-refractivity contribution is 9.10. The minimum absolute atomic E-state index is 0.0743. The first-order chi connectivity index (χ1) is 9.27. The number of benzene rings is 1. The first-order valence-corrected chi connectivity index (χ1v) is 7.98. The van der Waals surface area contributed by atoms with Crippen molar-refractivity contribution in [3.05, 3.63) is 28.7 Å². The molecule has 1 fully saturated rings. The SMILES string of the molecule is CC1(C)CN(CCNc2ccccc2Br)CC(C)(C)O1. The van der Waals surface area contributed by atoms with Gasteiger partial charge in [-0.1, -0.05) is 12.1 Å². The molecular formula is C16H25BrN2O. The maximum Gasteiger partial charge on any atom is 0.0760 e. The van der Waals surface area contributed by atoms with E-state index in [4.69, 9.17) is 4.74 Å². The van der Waals surface area contributed by atoms with E-state index in [9.17, 15) is 0 Å². The van der Waals surface area contributed by atoms with Gasteiger partial charge in [0.05, 0.1) is 11.2 Å². The summed E-state index contributed by atoms with van der Waals surface area (Å²) in [4.78, 5) is 2.48. The van der Waals surface area contributed by atoms with Crippen molar-refractivity contribution in [1.29, 1.82) is 0 Å². The molecule has 2 rings (SSSR count). The number of hydrogen-bond donors (Lipinski definition) is 1. The summed E-state index contributed by atoms with van der Waals surface area (Å²) in [5, 5.41) is 3.49. The predicted molar refractivity (Wildman–Crippen MR) is 88.3 cm³/mol. The van der Waals surface area contributed by atoms with Gasteiger partial charge in [0.15, 0.2) is 0 Å². The van der Waals surface area contributed by atoms with E-state index in [1.165, 1.54) is 0 Å². The molecule has 1 aromatic carbocycles. The maximum absolute atomic E-state index is 6.11. The number of halogens is 1. The number of nitrogens with one attached hydrogen (secondary N) is 1. The van der Waals surface area contributed by atoms with Crippen LogP contribution in [0.15, 0.2) is 28.7 Å². The third-order valence-electron chi connectivity index (χ3n) is 3.38. The van der Waals surface area contributed by atoms with Gasteiger partial charge in [0.25, 0.3) is 0 Å². The smallest absolute Gasteiger partial charge is 0.0760 e. The Bertz CT molecular complexity index is 444. The van der Waals surface area contributed by atoms with E-state index >= 15 is 0 Å². The molecule has 0 aliphatic carbocycles. The van der Waals surface area contributed by atoms with Crippen LogP contribution in [0.4, 0.5) is 5.69 Å². The molecule has 0 bridgehead atoms. The molecule has 1 N–H and O–H groups in total. The van der Waals surface area contributed by atoms with Crippen LogP contribution in [0.3, 0.4) is 0 Å². The van der Waals surface area contributed by atoms with Gasteiger partial charge < -0.3 is 10.1 Å². The second-order valence-corrected chi connectivity index (χ2v) is 7.59. The van der Waals surface area contributed by atoms with Gasteiger partial charge in [-0.05, 0) is 55.8 Å². The molecule has 0 spiro atoms. The summed E-state index contributed by atoms with van der Waals surface area (Å²) in [6, 6.07) is 8.23. The molecule has 112 valence electrons. The van der Waals surface area contributed by atoms with Crippen molar-refractivity contribution < 1.29 is 4.74 Å². The van der Waals surface area contributed by atoms with Crippen LogP contribution in [0.1, 0.15) is 27.7 Å². The number of morpholine rings is 1. The summed E-state index contributed by atoms with van der Waals surface area (Å²) in [6.45, 7) is 12.6. The van der Waals surface area contributed by atoms with E-state index in [1.807, 2.05) is 12.1 Å². The van der Waals surface area contributed by atoms with Crippen molar-refractivity contribution in [2.45, 2.75) is 38.9 Å². The lowest BCUT2D eigenvalue weighted by Gasteiger charge is -2.47. The molecule has 1 saturated heterocycles. The fourth-order valence-corrected chi connectivity index (χ4v) is 3.48. The Morgan fingerprint density at radius 2 is 1.75 bits per heavy atom. The van der Waals surface area contributed by atoms with Crippen LogP contribution in [-0.2, 0) is 4.74 Å². The Morgan fingerprint density at radius 1 is 1.15 bits per heavy atom. The van der Waals surface area contributed by atoms with E-state index in [2.05, 4.69) is 66.0 Å². The van der Waals surface area contributed by atoms with Gasteiger partial charge in [-0.25, -0.2) is 0 Å². The highest BCUT2D eigenvalue weighted by atomic mass is 79.9. The van der Waals surface area contributed by atoms with Crippen LogP contribution >= 0.6 is 15.9 Å². The summed E-state index contributed by atoms with van der Waals surface area (Å²) >= 11 is 3.56. The number of hydrogen-bond acceptors (Lipinski definition) is 3. The fourth-order valence-electron chi connectivity index (χ4n) is 3.06. The third kappa shape index (κ3) is 4.47. The lowest BCUT2D eigenvalue weighted by molar-refractivity contribution is -0.179. The van der Waals surface area contributed by atoms with Crippen LogP contribution in [0.2, 0.25) is 0 Å². The minimum Gasteiger partial charge on any atom is -0.383 e. The molecule has 0 unspecified atom stereocenters. The summed E-state index contributed by atoms with van der Waals surface area (Å²) in [7, 11) is 0. The zero-order chi connectivity index (χ0) is 14.8. The lowest BCUT2D eigenvalue weighted by atomic mass is 9.99. The molecular weight excluding hydrogens is 316 g/mol. The summed E-state index contributed by atoms with van der Waals surface area (Å²) in [5.74, 6) is 0. The first-order valence-electron chi connectivity index (χ1n) is 7.18. The molecule has 0 amide bonds. The highest BCUT2D eigenvalue weighted by Crippen LogP contribution is 2.28. The van der Waals surface area contributed by atoms with E-state index in [0.717, 1.165) is 36.3 Å². The van der Waals surface area contributed by atoms with Crippen molar-refractivity contribution in [1.82, 2.24) is 4.90 Å².